The summed E-state index contributed by atoms with van der Waals surface area (Å²) in [7, 11) is -3.74. The minimum absolute atomic E-state index is 0.00694. The molecule has 108 valence electrons. The van der Waals surface area contributed by atoms with E-state index in [1.807, 2.05) is 0 Å². The Kier molecular flexibility index (Phi) is 4.84. The van der Waals surface area contributed by atoms with Crippen molar-refractivity contribution in [2.75, 3.05) is 12.3 Å². The van der Waals surface area contributed by atoms with E-state index in [9.17, 15) is 13.5 Å². The Morgan fingerprint density at radius 3 is 2.53 bits per heavy atom. The van der Waals surface area contributed by atoms with Crippen molar-refractivity contribution in [1.29, 1.82) is 0 Å². The lowest BCUT2D eigenvalue weighted by molar-refractivity contribution is 0.0613. The predicted molar refractivity (Wildman–Crippen MR) is 76.7 cm³/mol. The van der Waals surface area contributed by atoms with Crippen LogP contribution in [0, 0.1) is 6.92 Å². The smallest absolute Gasteiger partial charge is 0.240 e. The van der Waals surface area contributed by atoms with E-state index in [-0.39, 0.29) is 11.4 Å². The average molecular weight is 307 g/mol. The number of rotatable bonds is 5. The molecular formula is C12H19ClN2O3S. The fourth-order valence-corrected chi connectivity index (χ4v) is 2.80. The molecule has 1 unspecified atom stereocenters. The molecule has 1 aromatic carbocycles. The quantitative estimate of drug-likeness (QED) is 0.721. The normalized spacial score (nSPS) is 15.2. The highest BCUT2D eigenvalue weighted by Gasteiger charge is 2.23. The Labute approximate surface area is 118 Å². The van der Waals surface area contributed by atoms with Crippen LogP contribution in [-0.2, 0) is 10.0 Å². The molecule has 0 saturated carbocycles. The highest BCUT2D eigenvalue weighted by molar-refractivity contribution is 7.89. The van der Waals surface area contributed by atoms with E-state index in [2.05, 4.69) is 4.72 Å². The van der Waals surface area contributed by atoms with Gasteiger partial charge in [-0.15, -0.1) is 0 Å². The first-order valence-corrected chi connectivity index (χ1v) is 7.73. The van der Waals surface area contributed by atoms with Gasteiger partial charge < -0.3 is 10.8 Å². The number of nitrogens with two attached hydrogens (primary N) is 1. The van der Waals surface area contributed by atoms with Crippen LogP contribution in [0.15, 0.2) is 17.0 Å². The molecular weight excluding hydrogens is 288 g/mol. The van der Waals surface area contributed by atoms with Gasteiger partial charge in [-0.1, -0.05) is 18.5 Å². The maximum Gasteiger partial charge on any atom is 0.240 e. The van der Waals surface area contributed by atoms with Crippen molar-refractivity contribution in [3.05, 3.63) is 22.7 Å². The molecule has 0 amide bonds. The number of hydrogen-bond donors (Lipinski definition) is 3. The summed E-state index contributed by atoms with van der Waals surface area (Å²) in [5.41, 5.74) is 5.56. The maximum atomic E-state index is 12.1. The summed E-state index contributed by atoms with van der Waals surface area (Å²) in [6.45, 7) is 4.97. The van der Waals surface area contributed by atoms with Crippen molar-refractivity contribution >= 4 is 27.3 Å². The van der Waals surface area contributed by atoms with Crippen LogP contribution in [-0.4, -0.2) is 25.7 Å². The summed E-state index contributed by atoms with van der Waals surface area (Å²) >= 11 is 5.92. The van der Waals surface area contributed by atoms with Crippen molar-refractivity contribution in [3.63, 3.8) is 0 Å². The summed E-state index contributed by atoms with van der Waals surface area (Å²) in [5, 5.41) is 10.1. The number of benzene rings is 1. The Morgan fingerprint density at radius 1 is 1.47 bits per heavy atom. The Hall–Kier alpha value is -0.820. The molecule has 0 radical (unpaired) electrons. The van der Waals surface area contributed by atoms with Gasteiger partial charge in [0.15, 0.2) is 0 Å². The zero-order valence-corrected chi connectivity index (χ0v) is 12.8. The standard InChI is InChI=1S/C12H19ClN2O3S/c1-4-12(3,16)7-15-19(17,18)9-5-10(13)8(2)11(14)6-9/h5-6,15-16H,4,7,14H2,1-3H3. The number of anilines is 1. The molecule has 0 saturated heterocycles. The van der Waals surface area contributed by atoms with Gasteiger partial charge in [-0.3, -0.25) is 0 Å². The summed E-state index contributed by atoms with van der Waals surface area (Å²) in [5.74, 6) is 0. The van der Waals surface area contributed by atoms with Crippen molar-refractivity contribution in [1.82, 2.24) is 4.72 Å². The molecule has 0 heterocycles. The van der Waals surface area contributed by atoms with Crippen LogP contribution in [0.4, 0.5) is 5.69 Å². The van der Waals surface area contributed by atoms with Crippen LogP contribution in [0.1, 0.15) is 25.8 Å². The highest BCUT2D eigenvalue weighted by Crippen LogP contribution is 2.26. The molecule has 5 nitrogen and oxygen atoms in total. The van der Waals surface area contributed by atoms with E-state index in [0.717, 1.165) is 0 Å². The third kappa shape index (κ3) is 4.07. The third-order valence-electron chi connectivity index (χ3n) is 3.07. The van der Waals surface area contributed by atoms with Crippen LogP contribution in [0.2, 0.25) is 5.02 Å². The summed E-state index contributed by atoms with van der Waals surface area (Å²) in [6.07, 6.45) is 0.437. The number of hydrogen-bond acceptors (Lipinski definition) is 4. The first-order chi connectivity index (χ1) is 8.59. The van der Waals surface area contributed by atoms with Crippen LogP contribution in [0.25, 0.3) is 0 Å². The fourth-order valence-electron chi connectivity index (χ4n) is 1.29. The second kappa shape index (κ2) is 5.66. The minimum Gasteiger partial charge on any atom is -0.398 e. The molecule has 0 aliphatic heterocycles. The molecule has 1 rings (SSSR count). The van der Waals surface area contributed by atoms with Gasteiger partial charge in [-0.05, 0) is 38.0 Å². The second-order valence-corrected chi connectivity index (χ2v) is 6.97. The molecule has 0 spiro atoms. The molecule has 0 bridgehead atoms. The molecule has 0 aromatic heterocycles. The zero-order valence-electron chi connectivity index (χ0n) is 11.2. The molecule has 0 aliphatic rings. The van der Waals surface area contributed by atoms with Crippen LogP contribution in [0.5, 0.6) is 0 Å². The molecule has 7 heteroatoms. The average Bonchev–Trinajstić information content (AvgIpc) is 2.33. The van der Waals surface area contributed by atoms with Gasteiger partial charge >= 0.3 is 0 Å². The monoisotopic (exact) mass is 306 g/mol. The van der Waals surface area contributed by atoms with Crippen molar-refractivity contribution in [2.45, 2.75) is 37.7 Å². The molecule has 4 N–H and O–H groups in total. The largest absolute Gasteiger partial charge is 0.398 e. The Bertz CT molecular complexity index is 547. The van der Waals surface area contributed by atoms with Crippen molar-refractivity contribution in [2.24, 2.45) is 0 Å². The third-order valence-corrected chi connectivity index (χ3v) is 4.85. The van der Waals surface area contributed by atoms with Gasteiger partial charge in [0.05, 0.1) is 10.5 Å². The summed E-state index contributed by atoms with van der Waals surface area (Å²) in [4.78, 5) is -0.00694. The maximum absolute atomic E-state index is 12.1. The Morgan fingerprint density at radius 2 is 2.05 bits per heavy atom. The first kappa shape index (κ1) is 16.2. The summed E-state index contributed by atoms with van der Waals surface area (Å²) in [6, 6.07) is 2.69. The van der Waals surface area contributed by atoms with E-state index < -0.39 is 15.6 Å². The minimum atomic E-state index is -3.74. The van der Waals surface area contributed by atoms with Gasteiger partial charge in [0.2, 0.25) is 10.0 Å². The molecule has 0 fully saturated rings. The van der Waals surface area contributed by atoms with Gasteiger partial charge in [-0.25, -0.2) is 13.1 Å². The molecule has 19 heavy (non-hydrogen) atoms. The number of nitrogens with one attached hydrogen (secondary N) is 1. The lowest BCUT2D eigenvalue weighted by Crippen LogP contribution is -2.40. The van der Waals surface area contributed by atoms with E-state index in [1.54, 1.807) is 20.8 Å². The second-order valence-electron chi connectivity index (χ2n) is 4.79. The van der Waals surface area contributed by atoms with E-state index >= 15 is 0 Å². The van der Waals surface area contributed by atoms with E-state index in [4.69, 9.17) is 17.3 Å². The Balaban J connectivity index is 3.02. The SMILES string of the molecule is CCC(C)(O)CNS(=O)(=O)c1cc(N)c(C)c(Cl)c1. The zero-order chi connectivity index (χ0) is 14.8. The van der Waals surface area contributed by atoms with E-state index in [1.165, 1.54) is 12.1 Å². The van der Waals surface area contributed by atoms with Gasteiger partial charge in [0, 0.05) is 17.3 Å². The first-order valence-electron chi connectivity index (χ1n) is 5.87. The van der Waals surface area contributed by atoms with Crippen molar-refractivity contribution in [3.8, 4) is 0 Å². The molecule has 1 aromatic rings. The lowest BCUT2D eigenvalue weighted by Gasteiger charge is -2.21. The molecule has 0 aliphatic carbocycles. The predicted octanol–water partition coefficient (Wildman–Crippen LogP) is 1.67. The van der Waals surface area contributed by atoms with Crippen molar-refractivity contribution < 1.29 is 13.5 Å². The van der Waals surface area contributed by atoms with Crippen LogP contribution < -0.4 is 10.5 Å². The lowest BCUT2D eigenvalue weighted by atomic mass is 10.1. The highest BCUT2D eigenvalue weighted by atomic mass is 35.5. The number of nitrogen functional groups attached to an aromatic ring is 1. The van der Waals surface area contributed by atoms with Crippen LogP contribution in [0.3, 0.4) is 0 Å². The van der Waals surface area contributed by atoms with Gasteiger partial charge in [0.25, 0.3) is 0 Å². The topological polar surface area (TPSA) is 92.4 Å². The summed E-state index contributed by atoms with van der Waals surface area (Å²) < 4.78 is 26.5. The number of halogens is 1. The number of aliphatic hydroxyl groups is 1. The molecule has 1 atom stereocenters. The van der Waals surface area contributed by atoms with Gasteiger partial charge in [0.1, 0.15) is 0 Å². The van der Waals surface area contributed by atoms with Gasteiger partial charge in [-0.2, -0.15) is 0 Å². The van der Waals surface area contributed by atoms with E-state index in [0.29, 0.717) is 22.7 Å². The van der Waals surface area contributed by atoms with Crippen LogP contribution >= 0.6 is 11.6 Å². The fraction of sp³-hybridized carbons (Fsp3) is 0.500. The number of sulfonamides is 1.